The number of rotatable bonds is 8. The third kappa shape index (κ3) is 4.16. The van der Waals surface area contributed by atoms with E-state index in [9.17, 15) is 14.4 Å². The lowest BCUT2D eigenvalue weighted by molar-refractivity contribution is -0.139. The van der Waals surface area contributed by atoms with Crippen molar-refractivity contribution < 1.29 is 19.5 Å². The van der Waals surface area contributed by atoms with Gasteiger partial charge in [-0.25, -0.2) is 0 Å². The lowest BCUT2D eigenvalue weighted by Crippen LogP contribution is -2.31. The summed E-state index contributed by atoms with van der Waals surface area (Å²) < 4.78 is 0. The fourth-order valence-corrected chi connectivity index (χ4v) is 2.76. The van der Waals surface area contributed by atoms with Crippen LogP contribution >= 0.6 is 0 Å². The highest BCUT2D eigenvalue weighted by molar-refractivity contribution is 6.06. The summed E-state index contributed by atoms with van der Waals surface area (Å²) in [4.78, 5) is 36.1. The highest BCUT2D eigenvalue weighted by Gasteiger charge is 2.38. The minimum Gasteiger partial charge on any atom is -0.481 e. The van der Waals surface area contributed by atoms with Gasteiger partial charge in [0.2, 0.25) is 11.8 Å². The molecule has 1 aromatic carbocycles. The molecule has 1 aromatic rings. The second-order valence-electron chi connectivity index (χ2n) is 5.61. The van der Waals surface area contributed by atoms with Gasteiger partial charge in [0.15, 0.2) is 0 Å². The van der Waals surface area contributed by atoms with Crippen LogP contribution in [0.15, 0.2) is 30.3 Å². The van der Waals surface area contributed by atoms with Gasteiger partial charge in [-0.2, -0.15) is 0 Å². The summed E-state index contributed by atoms with van der Waals surface area (Å²) in [6.07, 6.45) is 3.45. The molecule has 118 valence electrons. The summed E-state index contributed by atoms with van der Waals surface area (Å²) in [5.74, 6) is -1.34. The van der Waals surface area contributed by atoms with E-state index >= 15 is 0 Å². The van der Waals surface area contributed by atoms with Crippen LogP contribution in [0.4, 0.5) is 0 Å². The second-order valence-corrected chi connectivity index (χ2v) is 5.61. The average Bonchev–Trinajstić information content (AvgIpc) is 2.79. The smallest absolute Gasteiger partial charge is 0.303 e. The molecular formula is C17H21NO4. The molecular weight excluding hydrogens is 282 g/mol. The molecule has 0 saturated carbocycles. The summed E-state index contributed by atoms with van der Waals surface area (Å²) >= 11 is 0. The van der Waals surface area contributed by atoms with Crippen molar-refractivity contribution in [1.82, 2.24) is 4.90 Å². The molecule has 0 spiro atoms. The van der Waals surface area contributed by atoms with Crippen molar-refractivity contribution in [3.05, 3.63) is 35.9 Å². The summed E-state index contributed by atoms with van der Waals surface area (Å²) in [6.45, 7) is 0.439. The molecule has 1 N–H and O–H groups in total. The topological polar surface area (TPSA) is 74.7 Å². The molecule has 0 unspecified atom stereocenters. The first kappa shape index (κ1) is 16.2. The zero-order chi connectivity index (χ0) is 15.9. The van der Waals surface area contributed by atoms with Crippen LogP contribution in [0.2, 0.25) is 0 Å². The summed E-state index contributed by atoms with van der Waals surface area (Å²) in [5, 5.41) is 8.55. The van der Waals surface area contributed by atoms with Crippen molar-refractivity contribution in [3.63, 3.8) is 0 Å². The molecule has 1 atom stereocenters. The van der Waals surface area contributed by atoms with Gasteiger partial charge in [-0.15, -0.1) is 0 Å². The molecule has 1 aliphatic heterocycles. The van der Waals surface area contributed by atoms with Gasteiger partial charge in [-0.3, -0.25) is 19.3 Å². The van der Waals surface area contributed by atoms with Crippen LogP contribution in [0.5, 0.6) is 0 Å². The maximum atomic E-state index is 12.4. The molecule has 22 heavy (non-hydrogen) atoms. The third-order valence-electron chi connectivity index (χ3n) is 3.97. The first-order chi connectivity index (χ1) is 10.6. The molecule has 1 aliphatic rings. The Morgan fingerprint density at radius 3 is 2.45 bits per heavy atom. The van der Waals surface area contributed by atoms with E-state index in [4.69, 9.17) is 5.11 Å². The number of hydrogen-bond acceptors (Lipinski definition) is 3. The number of hydrogen-bond donors (Lipinski definition) is 1. The Balaban J connectivity index is 1.79. The van der Waals surface area contributed by atoms with Crippen LogP contribution < -0.4 is 0 Å². The number of amides is 2. The Kier molecular flexibility index (Phi) is 5.69. The number of imide groups is 1. The molecule has 2 rings (SSSR count). The van der Waals surface area contributed by atoms with Crippen LogP contribution in [-0.2, 0) is 14.4 Å². The van der Waals surface area contributed by atoms with Crippen molar-refractivity contribution in [2.75, 3.05) is 6.54 Å². The summed E-state index contributed by atoms with van der Waals surface area (Å²) in [6, 6.07) is 9.40. The molecule has 1 heterocycles. The fourth-order valence-electron chi connectivity index (χ4n) is 2.76. The van der Waals surface area contributed by atoms with Gasteiger partial charge in [0.05, 0.1) is 5.92 Å². The highest BCUT2D eigenvalue weighted by Crippen LogP contribution is 2.29. The zero-order valence-corrected chi connectivity index (χ0v) is 12.5. The number of carbonyl (C=O) groups excluding carboxylic acids is 2. The van der Waals surface area contributed by atoms with Gasteiger partial charge in [0.1, 0.15) is 0 Å². The van der Waals surface area contributed by atoms with E-state index in [1.54, 1.807) is 0 Å². The van der Waals surface area contributed by atoms with Crippen molar-refractivity contribution >= 4 is 17.8 Å². The summed E-state index contributed by atoms with van der Waals surface area (Å²) in [7, 11) is 0. The predicted molar refractivity (Wildman–Crippen MR) is 81.2 cm³/mol. The number of aliphatic carboxylic acids is 1. The van der Waals surface area contributed by atoms with Crippen LogP contribution in [0, 0.1) is 0 Å². The first-order valence-corrected chi connectivity index (χ1v) is 7.70. The van der Waals surface area contributed by atoms with Crippen molar-refractivity contribution in [1.29, 1.82) is 0 Å². The van der Waals surface area contributed by atoms with Crippen molar-refractivity contribution in [2.24, 2.45) is 0 Å². The number of unbranched alkanes of at least 4 members (excludes halogenated alkanes) is 3. The van der Waals surface area contributed by atoms with E-state index in [0.717, 1.165) is 24.8 Å². The van der Waals surface area contributed by atoms with Crippen molar-refractivity contribution in [2.45, 2.75) is 44.4 Å². The predicted octanol–water partition coefficient (Wildman–Crippen LogP) is 2.56. The summed E-state index contributed by atoms with van der Waals surface area (Å²) in [5.41, 5.74) is 0.893. The normalized spacial score (nSPS) is 18.0. The van der Waals surface area contributed by atoms with Gasteiger partial charge < -0.3 is 5.11 Å². The van der Waals surface area contributed by atoms with Crippen LogP contribution in [-0.4, -0.2) is 34.3 Å². The maximum Gasteiger partial charge on any atom is 0.303 e. The zero-order valence-electron chi connectivity index (χ0n) is 12.5. The molecule has 1 fully saturated rings. The molecule has 1 saturated heterocycles. The molecule has 5 nitrogen and oxygen atoms in total. The van der Waals surface area contributed by atoms with E-state index in [1.165, 1.54) is 4.90 Å². The number of likely N-dealkylation sites (tertiary alicyclic amines) is 1. The van der Waals surface area contributed by atoms with E-state index in [1.807, 2.05) is 30.3 Å². The number of carboxylic acids is 1. The van der Waals surface area contributed by atoms with Gasteiger partial charge in [-0.05, 0) is 18.4 Å². The molecule has 5 heteroatoms. The monoisotopic (exact) mass is 303 g/mol. The number of carbonyl (C=O) groups is 3. The largest absolute Gasteiger partial charge is 0.481 e. The van der Waals surface area contributed by atoms with Crippen molar-refractivity contribution in [3.8, 4) is 0 Å². The molecule has 2 amide bonds. The Hall–Kier alpha value is -2.17. The standard InChI is InChI=1S/C17H21NO4/c19-15-12-14(13-8-4-3-5-9-13)17(22)18(15)11-7-2-1-6-10-16(20)21/h3-5,8-9,14H,1-2,6-7,10-12H2,(H,20,21)/t14-/m1/s1. The van der Waals surface area contributed by atoms with Gasteiger partial charge >= 0.3 is 5.97 Å². The minimum absolute atomic E-state index is 0.107. The number of carboxylic acid groups (broad SMARTS) is 1. The Labute approximate surface area is 129 Å². The molecule has 0 radical (unpaired) electrons. The van der Waals surface area contributed by atoms with E-state index in [-0.39, 0.29) is 30.6 Å². The van der Waals surface area contributed by atoms with Crippen LogP contribution in [0.1, 0.15) is 50.0 Å². The van der Waals surface area contributed by atoms with Gasteiger partial charge in [-0.1, -0.05) is 43.2 Å². The maximum absolute atomic E-state index is 12.4. The molecule has 0 aromatic heterocycles. The van der Waals surface area contributed by atoms with Crippen LogP contribution in [0.3, 0.4) is 0 Å². The van der Waals surface area contributed by atoms with E-state index < -0.39 is 5.97 Å². The van der Waals surface area contributed by atoms with Crippen LogP contribution in [0.25, 0.3) is 0 Å². The third-order valence-corrected chi connectivity index (χ3v) is 3.97. The van der Waals surface area contributed by atoms with Gasteiger partial charge in [0.25, 0.3) is 0 Å². The number of benzene rings is 1. The fraction of sp³-hybridized carbons (Fsp3) is 0.471. The average molecular weight is 303 g/mol. The molecule has 0 aliphatic carbocycles. The van der Waals surface area contributed by atoms with E-state index in [0.29, 0.717) is 13.0 Å². The Morgan fingerprint density at radius 2 is 1.77 bits per heavy atom. The minimum atomic E-state index is -0.782. The number of nitrogens with zero attached hydrogens (tertiary/aromatic N) is 1. The first-order valence-electron chi connectivity index (χ1n) is 7.70. The molecule has 0 bridgehead atoms. The lowest BCUT2D eigenvalue weighted by Gasteiger charge is -2.15. The van der Waals surface area contributed by atoms with E-state index in [2.05, 4.69) is 0 Å². The second kappa shape index (κ2) is 7.73. The quantitative estimate of drug-likeness (QED) is 0.591. The lowest BCUT2D eigenvalue weighted by atomic mass is 9.98. The SMILES string of the molecule is O=C(O)CCCCCCN1C(=O)C[C@H](c2ccccc2)C1=O. The Bertz CT molecular complexity index is 541. The van der Waals surface area contributed by atoms with Gasteiger partial charge in [0, 0.05) is 19.4 Å². The Morgan fingerprint density at radius 1 is 1.09 bits per heavy atom. The highest BCUT2D eigenvalue weighted by atomic mass is 16.4.